The Morgan fingerprint density at radius 2 is 0.796 bits per heavy atom. The van der Waals surface area contributed by atoms with Crippen molar-refractivity contribution in [3.63, 3.8) is 0 Å². The number of nitrogens with zero attached hydrogens (tertiary/aromatic N) is 1. The molecule has 230 valence electrons. The van der Waals surface area contributed by atoms with Gasteiger partial charge in [-0.3, -0.25) is 0 Å². The third-order valence-electron chi connectivity index (χ3n) is 9.64. The molecule has 0 saturated carbocycles. The molecule has 49 heavy (non-hydrogen) atoms. The fourth-order valence-corrected chi connectivity index (χ4v) is 7.21. The van der Waals surface area contributed by atoms with Crippen LogP contribution in [0, 0.1) is 0 Å². The van der Waals surface area contributed by atoms with Crippen LogP contribution < -0.4 is 4.90 Å². The predicted molar refractivity (Wildman–Crippen MR) is 210 cm³/mol. The zero-order valence-electron chi connectivity index (χ0n) is 27.0. The molecular formula is C48H33N. The highest BCUT2D eigenvalue weighted by Crippen LogP contribution is 2.43. The molecule has 0 amide bonds. The van der Waals surface area contributed by atoms with Crippen molar-refractivity contribution >= 4 is 49.4 Å². The predicted octanol–water partition coefficient (Wildman–Crippen LogP) is 13.6. The van der Waals surface area contributed by atoms with Gasteiger partial charge >= 0.3 is 0 Å². The first-order valence-electron chi connectivity index (χ1n) is 16.8. The SMILES string of the molecule is c1ccc(-c2cc(-c3ccc(N(c4cccc5ccccc45)c4cccc5ccccc45)cc3)ccc2-c2ccc3ccccc3c2)cc1. The average Bonchev–Trinajstić information content (AvgIpc) is 3.18. The normalized spacial score (nSPS) is 11.3. The minimum absolute atomic E-state index is 1.12. The third kappa shape index (κ3) is 5.32. The Labute approximate surface area is 287 Å². The molecule has 1 heteroatoms. The Hall–Kier alpha value is -6.44. The first-order valence-corrected chi connectivity index (χ1v) is 16.8. The molecule has 0 aliphatic rings. The molecule has 9 aromatic carbocycles. The van der Waals surface area contributed by atoms with Gasteiger partial charge in [-0.05, 0) is 91.3 Å². The monoisotopic (exact) mass is 623 g/mol. The minimum Gasteiger partial charge on any atom is -0.309 e. The Bertz CT molecular complexity index is 2510. The molecule has 1 nitrogen and oxygen atoms in total. The lowest BCUT2D eigenvalue weighted by Crippen LogP contribution is -2.11. The maximum atomic E-state index is 2.41. The number of hydrogen-bond donors (Lipinski definition) is 0. The molecule has 0 aliphatic heterocycles. The lowest BCUT2D eigenvalue weighted by molar-refractivity contribution is 1.31. The lowest BCUT2D eigenvalue weighted by atomic mass is 9.90. The van der Waals surface area contributed by atoms with E-state index in [1.165, 1.54) is 65.7 Å². The molecule has 0 fully saturated rings. The Balaban J connectivity index is 1.17. The molecule has 0 unspecified atom stereocenters. The number of benzene rings is 9. The zero-order valence-corrected chi connectivity index (χ0v) is 27.0. The summed E-state index contributed by atoms with van der Waals surface area (Å²) < 4.78 is 0. The molecule has 0 aliphatic carbocycles. The van der Waals surface area contributed by atoms with Gasteiger partial charge in [-0.15, -0.1) is 0 Å². The van der Waals surface area contributed by atoms with Gasteiger partial charge in [0.25, 0.3) is 0 Å². The van der Waals surface area contributed by atoms with Crippen LogP contribution in [0.5, 0.6) is 0 Å². The molecule has 0 aromatic heterocycles. The standard InChI is InChI=1S/C48H33N/c1-2-13-38(14-3-1)46-33-40(28-31-43(46)41-25-24-34-12-4-5-17-39(34)32-41)35-26-29-42(30-27-35)49(47-22-10-18-36-15-6-8-20-44(36)47)48-23-11-19-37-16-7-9-21-45(37)48/h1-33H. The van der Waals surface area contributed by atoms with E-state index in [9.17, 15) is 0 Å². The largest absolute Gasteiger partial charge is 0.309 e. The number of rotatable bonds is 6. The van der Waals surface area contributed by atoms with Gasteiger partial charge < -0.3 is 4.90 Å². The van der Waals surface area contributed by atoms with Crippen molar-refractivity contribution in [3.8, 4) is 33.4 Å². The van der Waals surface area contributed by atoms with Crippen molar-refractivity contribution in [2.75, 3.05) is 4.90 Å². The van der Waals surface area contributed by atoms with Crippen molar-refractivity contribution in [1.29, 1.82) is 0 Å². The second-order valence-electron chi connectivity index (χ2n) is 12.6. The van der Waals surface area contributed by atoms with E-state index < -0.39 is 0 Å². The maximum absolute atomic E-state index is 2.41. The zero-order chi connectivity index (χ0) is 32.6. The maximum Gasteiger partial charge on any atom is 0.0540 e. The van der Waals surface area contributed by atoms with Gasteiger partial charge in [0, 0.05) is 16.5 Å². The molecule has 0 radical (unpaired) electrons. The third-order valence-corrected chi connectivity index (χ3v) is 9.64. The molecule has 0 atom stereocenters. The van der Waals surface area contributed by atoms with Crippen LogP contribution in [0.1, 0.15) is 0 Å². The van der Waals surface area contributed by atoms with Crippen LogP contribution in [-0.2, 0) is 0 Å². The first-order chi connectivity index (χ1) is 24.3. The highest BCUT2D eigenvalue weighted by Gasteiger charge is 2.18. The van der Waals surface area contributed by atoms with E-state index in [0.29, 0.717) is 0 Å². The van der Waals surface area contributed by atoms with Crippen molar-refractivity contribution in [3.05, 3.63) is 200 Å². The topological polar surface area (TPSA) is 3.24 Å². The van der Waals surface area contributed by atoms with Gasteiger partial charge in [0.1, 0.15) is 0 Å². The second kappa shape index (κ2) is 12.3. The number of anilines is 3. The second-order valence-corrected chi connectivity index (χ2v) is 12.6. The summed E-state index contributed by atoms with van der Waals surface area (Å²) in [6, 6.07) is 72.5. The summed E-state index contributed by atoms with van der Waals surface area (Å²) in [5, 5.41) is 7.40. The Morgan fingerprint density at radius 3 is 1.47 bits per heavy atom. The molecule has 0 bridgehead atoms. The fraction of sp³-hybridized carbons (Fsp3) is 0. The van der Waals surface area contributed by atoms with Crippen molar-refractivity contribution < 1.29 is 0 Å². The quantitative estimate of drug-likeness (QED) is 0.178. The van der Waals surface area contributed by atoms with Crippen molar-refractivity contribution in [2.24, 2.45) is 0 Å². The summed E-state index contributed by atoms with van der Waals surface area (Å²) >= 11 is 0. The van der Waals surface area contributed by atoms with Crippen LogP contribution in [0.3, 0.4) is 0 Å². The molecule has 9 rings (SSSR count). The fourth-order valence-electron chi connectivity index (χ4n) is 7.21. The highest BCUT2D eigenvalue weighted by molar-refractivity contribution is 6.05. The van der Waals surface area contributed by atoms with E-state index in [1.807, 2.05) is 0 Å². The van der Waals surface area contributed by atoms with Gasteiger partial charge in [0.2, 0.25) is 0 Å². The summed E-state index contributed by atoms with van der Waals surface area (Å²) in [7, 11) is 0. The van der Waals surface area contributed by atoms with Gasteiger partial charge in [-0.2, -0.15) is 0 Å². The van der Waals surface area contributed by atoms with E-state index in [4.69, 9.17) is 0 Å². The van der Waals surface area contributed by atoms with E-state index in [0.717, 1.165) is 17.1 Å². The van der Waals surface area contributed by atoms with Gasteiger partial charge in [-0.1, -0.05) is 164 Å². The van der Waals surface area contributed by atoms with Crippen LogP contribution in [0.4, 0.5) is 17.1 Å². The molecule has 0 saturated heterocycles. The van der Waals surface area contributed by atoms with Crippen molar-refractivity contribution in [2.45, 2.75) is 0 Å². The molecule has 0 spiro atoms. The minimum atomic E-state index is 1.12. The molecule has 0 heterocycles. The van der Waals surface area contributed by atoms with E-state index in [-0.39, 0.29) is 0 Å². The molecular weight excluding hydrogens is 591 g/mol. The number of hydrogen-bond acceptors (Lipinski definition) is 1. The average molecular weight is 624 g/mol. The van der Waals surface area contributed by atoms with E-state index in [2.05, 4.69) is 205 Å². The van der Waals surface area contributed by atoms with E-state index in [1.54, 1.807) is 0 Å². The summed E-state index contributed by atoms with van der Waals surface area (Å²) in [6.45, 7) is 0. The van der Waals surface area contributed by atoms with Crippen LogP contribution in [0.25, 0.3) is 65.7 Å². The van der Waals surface area contributed by atoms with Crippen molar-refractivity contribution in [1.82, 2.24) is 0 Å². The summed E-state index contributed by atoms with van der Waals surface area (Å²) in [5.41, 5.74) is 10.7. The summed E-state index contributed by atoms with van der Waals surface area (Å²) in [5.74, 6) is 0. The van der Waals surface area contributed by atoms with Crippen LogP contribution in [0.2, 0.25) is 0 Å². The first kappa shape index (κ1) is 28.8. The lowest BCUT2D eigenvalue weighted by Gasteiger charge is -2.28. The Kier molecular flexibility index (Phi) is 7.22. The van der Waals surface area contributed by atoms with Crippen LogP contribution in [-0.4, -0.2) is 0 Å². The number of fused-ring (bicyclic) bond motifs is 3. The van der Waals surface area contributed by atoms with Crippen LogP contribution in [0.15, 0.2) is 200 Å². The highest BCUT2D eigenvalue weighted by atomic mass is 15.1. The molecule has 9 aromatic rings. The van der Waals surface area contributed by atoms with E-state index >= 15 is 0 Å². The van der Waals surface area contributed by atoms with Crippen LogP contribution >= 0.6 is 0 Å². The summed E-state index contributed by atoms with van der Waals surface area (Å²) in [4.78, 5) is 2.41. The summed E-state index contributed by atoms with van der Waals surface area (Å²) in [6.07, 6.45) is 0. The Morgan fingerprint density at radius 1 is 0.265 bits per heavy atom. The van der Waals surface area contributed by atoms with Gasteiger partial charge in [0.15, 0.2) is 0 Å². The smallest absolute Gasteiger partial charge is 0.0540 e. The molecule has 0 N–H and O–H groups in total. The van der Waals surface area contributed by atoms with Gasteiger partial charge in [-0.25, -0.2) is 0 Å². The van der Waals surface area contributed by atoms with Gasteiger partial charge in [0.05, 0.1) is 11.4 Å².